The van der Waals surface area contributed by atoms with Crippen molar-refractivity contribution < 1.29 is 9.59 Å². The predicted molar refractivity (Wildman–Crippen MR) is 103 cm³/mol. The number of rotatable bonds is 6. The third-order valence-corrected chi connectivity index (χ3v) is 5.31. The number of hydrogen-bond acceptors (Lipinski definition) is 5. The van der Waals surface area contributed by atoms with Crippen LogP contribution in [0.15, 0.2) is 40.8 Å². The molecule has 0 aliphatic heterocycles. The fraction of sp³-hybridized carbons (Fsp3) is 0.294. The summed E-state index contributed by atoms with van der Waals surface area (Å²) in [4.78, 5) is 40.6. The molecule has 2 rings (SSSR count). The molecule has 1 heterocycles. The summed E-state index contributed by atoms with van der Waals surface area (Å²) in [6.07, 6.45) is 1.57. The van der Waals surface area contributed by atoms with E-state index in [-0.39, 0.29) is 18.0 Å². The Morgan fingerprint density at radius 1 is 1.46 bits per heavy atom. The molecule has 1 unspecified atom stereocenters. The van der Waals surface area contributed by atoms with Gasteiger partial charge in [-0.3, -0.25) is 19.5 Å². The number of carbonyl (C=O) groups excluding carboxylic acids is 2. The standard InChI is InChI=1S/C17H19ClN4O3S/c1-4-7-22-15(24)11-6-5-10(18)8-12(11)20-17(22)26-13(9(2)3)14(23)21-16(19)25/h4-6,8-9,13H,1,7H2,2-3H3,(H3,19,21,23,25). The average Bonchev–Trinajstić information content (AvgIpc) is 2.54. The van der Waals surface area contributed by atoms with Crippen molar-refractivity contribution in [3.63, 3.8) is 0 Å². The number of nitrogens with two attached hydrogens (primary N) is 1. The van der Waals surface area contributed by atoms with Crippen LogP contribution in [0.4, 0.5) is 4.79 Å². The number of urea groups is 1. The van der Waals surface area contributed by atoms with Gasteiger partial charge in [-0.15, -0.1) is 6.58 Å². The lowest BCUT2D eigenvalue weighted by Crippen LogP contribution is -2.42. The SMILES string of the molecule is C=CCn1c(SC(C(=O)NC(N)=O)C(C)C)nc2cc(Cl)ccc2c1=O. The number of allylic oxidation sites excluding steroid dienone is 1. The number of aromatic nitrogens is 2. The molecule has 0 radical (unpaired) electrons. The van der Waals surface area contributed by atoms with Gasteiger partial charge in [0.25, 0.3) is 5.56 Å². The Bertz CT molecular complexity index is 926. The van der Waals surface area contributed by atoms with Crippen molar-refractivity contribution >= 4 is 46.2 Å². The zero-order valence-corrected chi connectivity index (χ0v) is 15.9. The lowest BCUT2D eigenvalue weighted by molar-refractivity contribution is -0.120. The summed E-state index contributed by atoms with van der Waals surface area (Å²) in [7, 11) is 0. The van der Waals surface area contributed by atoms with Crippen molar-refractivity contribution in [1.82, 2.24) is 14.9 Å². The number of amides is 3. The second kappa shape index (κ2) is 8.37. The maximum atomic E-state index is 12.8. The molecule has 2 aromatic rings. The second-order valence-corrected chi connectivity index (χ2v) is 7.44. The zero-order valence-electron chi connectivity index (χ0n) is 14.4. The first-order valence-electron chi connectivity index (χ1n) is 7.82. The molecule has 1 aromatic carbocycles. The summed E-state index contributed by atoms with van der Waals surface area (Å²) in [5.41, 5.74) is 5.21. The molecule has 0 aliphatic rings. The number of primary amides is 1. The van der Waals surface area contributed by atoms with Gasteiger partial charge in [-0.2, -0.15) is 0 Å². The Kier molecular flexibility index (Phi) is 6.44. The van der Waals surface area contributed by atoms with E-state index in [1.165, 1.54) is 4.57 Å². The first-order chi connectivity index (χ1) is 12.2. The number of fused-ring (bicyclic) bond motifs is 1. The molecule has 3 N–H and O–H groups in total. The lowest BCUT2D eigenvalue weighted by atomic mass is 10.1. The second-order valence-electron chi connectivity index (χ2n) is 5.90. The molecule has 26 heavy (non-hydrogen) atoms. The normalized spacial score (nSPS) is 12.2. The van der Waals surface area contributed by atoms with Crippen molar-refractivity contribution in [1.29, 1.82) is 0 Å². The molecule has 0 bridgehead atoms. The Hall–Kier alpha value is -2.32. The third-order valence-electron chi connectivity index (χ3n) is 3.54. The van der Waals surface area contributed by atoms with Crippen LogP contribution in [0, 0.1) is 5.92 Å². The minimum Gasteiger partial charge on any atom is -0.351 e. The summed E-state index contributed by atoms with van der Waals surface area (Å²) in [6, 6.07) is 3.90. The fourth-order valence-electron chi connectivity index (χ4n) is 2.35. The van der Waals surface area contributed by atoms with Crippen molar-refractivity contribution in [3.8, 4) is 0 Å². The van der Waals surface area contributed by atoms with Crippen LogP contribution in [0.5, 0.6) is 0 Å². The number of imide groups is 1. The van der Waals surface area contributed by atoms with Gasteiger partial charge in [0.15, 0.2) is 5.16 Å². The zero-order chi connectivity index (χ0) is 19.4. The number of halogens is 1. The van der Waals surface area contributed by atoms with Crippen LogP contribution in [0.25, 0.3) is 10.9 Å². The van der Waals surface area contributed by atoms with Crippen LogP contribution in [-0.2, 0) is 11.3 Å². The lowest BCUT2D eigenvalue weighted by Gasteiger charge is -2.20. The number of benzene rings is 1. The van der Waals surface area contributed by atoms with Crippen molar-refractivity contribution in [2.75, 3.05) is 0 Å². The Labute approximate surface area is 159 Å². The first kappa shape index (κ1) is 20.0. The van der Waals surface area contributed by atoms with Gasteiger partial charge < -0.3 is 5.73 Å². The van der Waals surface area contributed by atoms with Crippen LogP contribution in [0.3, 0.4) is 0 Å². The van der Waals surface area contributed by atoms with Gasteiger partial charge in [-0.05, 0) is 24.1 Å². The highest BCUT2D eigenvalue weighted by atomic mass is 35.5. The molecule has 0 aliphatic carbocycles. The smallest absolute Gasteiger partial charge is 0.318 e. The van der Waals surface area contributed by atoms with Gasteiger partial charge in [-0.1, -0.05) is 43.3 Å². The number of nitrogens with one attached hydrogen (secondary N) is 1. The molecular weight excluding hydrogens is 376 g/mol. The van der Waals surface area contributed by atoms with Gasteiger partial charge in [0.05, 0.1) is 16.2 Å². The average molecular weight is 395 g/mol. The van der Waals surface area contributed by atoms with E-state index in [1.807, 2.05) is 13.8 Å². The topological polar surface area (TPSA) is 107 Å². The number of thioether (sulfide) groups is 1. The van der Waals surface area contributed by atoms with Gasteiger partial charge in [0.2, 0.25) is 5.91 Å². The van der Waals surface area contributed by atoms with E-state index >= 15 is 0 Å². The highest BCUT2D eigenvalue weighted by Gasteiger charge is 2.27. The van der Waals surface area contributed by atoms with Crippen LogP contribution < -0.4 is 16.6 Å². The summed E-state index contributed by atoms with van der Waals surface area (Å²) in [5, 5.41) is 2.62. The van der Waals surface area contributed by atoms with E-state index in [1.54, 1.807) is 24.3 Å². The van der Waals surface area contributed by atoms with E-state index in [4.69, 9.17) is 17.3 Å². The molecular formula is C17H19ClN4O3S. The molecule has 7 nitrogen and oxygen atoms in total. The Balaban J connectivity index is 2.56. The highest BCUT2D eigenvalue weighted by Crippen LogP contribution is 2.28. The monoisotopic (exact) mass is 394 g/mol. The molecule has 3 amide bonds. The summed E-state index contributed by atoms with van der Waals surface area (Å²) < 4.78 is 1.43. The van der Waals surface area contributed by atoms with Gasteiger partial charge >= 0.3 is 6.03 Å². The van der Waals surface area contributed by atoms with Gasteiger partial charge in [0.1, 0.15) is 0 Å². The van der Waals surface area contributed by atoms with Gasteiger partial charge in [0, 0.05) is 11.6 Å². The number of hydrogen-bond donors (Lipinski definition) is 2. The van der Waals surface area contributed by atoms with E-state index in [0.717, 1.165) is 11.8 Å². The number of carbonyl (C=O) groups is 2. The van der Waals surface area contributed by atoms with Crippen molar-refractivity contribution in [3.05, 3.63) is 46.2 Å². The molecule has 9 heteroatoms. The van der Waals surface area contributed by atoms with Crippen LogP contribution >= 0.6 is 23.4 Å². The Morgan fingerprint density at radius 3 is 2.73 bits per heavy atom. The summed E-state index contributed by atoms with van der Waals surface area (Å²) in [6.45, 7) is 7.54. The first-order valence-corrected chi connectivity index (χ1v) is 9.08. The molecule has 0 fully saturated rings. The van der Waals surface area contributed by atoms with Crippen molar-refractivity contribution in [2.45, 2.75) is 30.8 Å². The van der Waals surface area contributed by atoms with Crippen LogP contribution in [0.1, 0.15) is 13.8 Å². The van der Waals surface area contributed by atoms with Crippen molar-refractivity contribution in [2.24, 2.45) is 11.7 Å². The molecule has 0 saturated heterocycles. The molecule has 138 valence electrons. The minimum absolute atomic E-state index is 0.136. The third kappa shape index (κ3) is 4.44. The molecule has 1 aromatic heterocycles. The largest absolute Gasteiger partial charge is 0.351 e. The van der Waals surface area contributed by atoms with E-state index in [9.17, 15) is 14.4 Å². The summed E-state index contributed by atoms with van der Waals surface area (Å²) in [5.74, 6) is -0.674. The predicted octanol–water partition coefficient (Wildman–Crippen LogP) is 2.55. The molecule has 0 saturated carbocycles. The van der Waals surface area contributed by atoms with Crippen LogP contribution in [-0.4, -0.2) is 26.7 Å². The van der Waals surface area contributed by atoms with E-state index in [0.29, 0.717) is 21.1 Å². The van der Waals surface area contributed by atoms with Gasteiger partial charge in [-0.25, -0.2) is 9.78 Å². The number of nitrogens with zero attached hydrogens (tertiary/aromatic N) is 2. The van der Waals surface area contributed by atoms with E-state index < -0.39 is 17.2 Å². The molecule has 1 atom stereocenters. The highest BCUT2D eigenvalue weighted by molar-refractivity contribution is 8.00. The quantitative estimate of drug-likeness (QED) is 0.444. The maximum Gasteiger partial charge on any atom is 0.318 e. The Morgan fingerprint density at radius 2 is 2.15 bits per heavy atom. The maximum absolute atomic E-state index is 12.8. The van der Waals surface area contributed by atoms with E-state index in [2.05, 4.69) is 16.9 Å². The molecule has 0 spiro atoms. The van der Waals surface area contributed by atoms with Crippen LogP contribution in [0.2, 0.25) is 5.02 Å². The fourth-order valence-corrected chi connectivity index (χ4v) is 3.62. The summed E-state index contributed by atoms with van der Waals surface area (Å²) >= 11 is 7.09. The minimum atomic E-state index is -0.928.